The molecular weight excluding hydrogens is 448 g/mol. The molecule has 126 valence electrons. The molecule has 0 aliphatic rings. The quantitative estimate of drug-likeness (QED) is 0.298. The molecule has 0 fully saturated rings. The topological polar surface area (TPSA) is 80.3 Å². The molecule has 0 bridgehead atoms. The maximum atomic E-state index is 10.2. The average Bonchev–Trinajstić information content (AvgIpc) is 2.29. The van der Waals surface area contributed by atoms with Gasteiger partial charge in [-0.2, -0.15) is 0 Å². The van der Waals surface area contributed by atoms with E-state index >= 15 is 0 Å². The molecule has 0 amide bonds. The van der Waals surface area contributed by atoms with E-state index in [1.807, 2.05) is 0 Å². The van der Waals surface area contributed by atoms with E-state index in [0.717, 1.165) is 51.4 Å². The van der Waals surface area contributed by atoms with Crippen molar-refractivity contribution in [2.24, 2.45) is 0 Å². The molecule has 0 N–H and O–H groups in total. The minimum atomic E-state index is -0.952. The average molecular weight is 472 g/mol. The Morgan fingerprint density at radius 2 is 0.700 bits per heavy atom. The predicted octanol–water partition coefficient (Wildman–Crippen LogP) is 1.16. The summed E-state index contributed by atoms with van der Waals surface area (Å²) in [6.45, 7) is 0. The van der Waals surface area contributed by atoms with Crippen molar-refractivity contribution >= 4 is 11.9 Å². The zero-order valence-corrected chi connectivity index (χ0v) is 14.7. The summed E-state index contributed by atoms with van der Waals surface area (Å²) in [6, 6.07) is 0. The minimum absolute atomic E-state index is 0. The summed E-state index contributed by atoms with van der Waals surface area (Å²) in [5, 5.41) is 20.3. The van der Waals surface area contributed by atoms with Gasteiger partial charge in [-0.15, -0.1) is 0 Å². The Labute approximate surface area is 153 Å². The second-order valence-electron chi connectivity index (χ2n) is 4.78. The van der Waals surface area contributed by atoms with Crippen LogP contribution in [0.15, 0.2) is 0 Å². The molecule has 0 saturated carbocycles. The fourth-order valence-corrected chi connectivity index (χ4v) is 1.95. The Bertz CT molecular complexity index is 211. The number of carbonyl (C=O) groups is 2. The van der Waals surface area contributed by atoms with E-state index in [0.29, 0.717) is 0 Å². The molecule has 0 aromatic carbocycles. The van der Waals surface area contributed by atoms with Crippen molar-refractivity contribution in [2.45, 2.75) is 77.0 Å². The van der Waals surface area contributed by atoms with Crippen molar-refractivity contribution in [3.05, 3.63) is 0 Å². The van der Waals surface area contributed by atoms with Crippen molar-refractivity contribution in [2.75, 3.05) is 0 Å². The molecule has 0 rings (SSSR count). The number of carboxylic acids is 2. The molecule has 0 saturated heterocycles. The van der Waals surface area contributed by atoms with Gasteiger partial charge in [0.05, 0.1) is 0 Å². The smallest absolute Gasteiger partial charge is 0.550 e. The third-order valence-corrected chi connectivity index (χ3v) is 3.01. The largest absolute Gasteiger partial charge is 1.00 e. The van der Waals surface area contributed by atoms with Crippen molar-refractivity contribution in [1.82, 2.24) is 0 Å². The van der Waals surface area contributed by atoms with E-state index < -0.39 is 11.9 Å². The SMILES string of the molecule is O=C([O-])CCCCCCCCCCCCC(=O)[O-].[Ag+].[Ag+]. The van der Waals surface area contributed by atoms with Crippen molar-refractivity contribution < 1.29 is 64.6 Å². The molecule has 0 aromatic heterocycles. The van der Waals surface area contributed by atoms with Crippen molar-refractivity contribution in [3.63, 3.8) is 0 Å². The Balaban J connectivity index is -0.00000144. The molecule has 4 nitrogen and oxygen atoms in total. The number of unbranched alkanes of at least 4 members (excludes halogenated alkanes) is 9. The molecule has 6 heteroatoms. The van der Waals surface area contributed by atoms with Gasteiger partial charge in [0.25, 0.3) is 0 Å². The van der Waals surface area contributed by atoms with E-state index in [2.05, 4.69) is 0 Å². The fourth-order valence-electron chi connectivity index (χ4n) is 1.95. The fraction of sp³-hybridized carbons (Fsp3) is 0.857. The van der Waals surface area contributed by atoms with Crippen LogP contribution in [-0.4, -0.2) is 11.9 Å². The van der Waals surface area contributed by atoms with Crippen LogP contribution >= 0.6 is 0 Å². The number of aliphatic carboxylic acids is 2. The second-order valence-corrected chi connectivity index (χ2v) is 4.78. The number of hydrogen-bond acceptors (Lipinski definition) is 4. The van der Waals surface area contributed by atoms with Gasteiger partial charge in [-0.05, 0) is 25.7 Å². The van der Waals surface area contributed by atoms with Gasteiger partial charge in [0.2, 0.25) is 0 Å². The van der Waals surface area contributed by atoms with Crippen LogP contribution in [0.25, 0.3) is 0 Å². The van der Waals surface area contributed by atoms with Gasteiger partial charge < -0.3 is 19.8 Å². The van der Waals surface area contributed by atoms with E-state index in [1.165, 1.54) is 12.8 Å². The molecule has 0 aromatic rings. The van der Waals surface area contributed by atoms with Crippen LogP contribution in [0.5, 0.6) is 0 Å². The Morgan fingerprint density at radius 1 is 0.500 bits per heavy atom. The monoisotopic (exact) mass is 470 g/mol. The van der Waals surface area contributed by atoms with Crippen LogP contribution < -0.4 is 10.2 Å². The van der Waals surface area contributed by atoms with Gasteiger partial charge in [-0.3, -0.25) is 0 Å². The molecular formula is C14H24Ag2O4. The Morgan fingerprint density at radius 3 is 0.900 bits per heavy atom. The number of rotatable bonds is 13. The van der Waals surface area contributed by atoms with E-state index in [1.54, 1.807) is 0 Å². The molecule has 0 radical (unpaired) electrons. The standard InChI is InChI=1S/C14H26O4.2Ag/c15-13(16)11-9-7-5-3-1-2-4-6-8-10-12-14(17)18;;/h1-12H2,(H,15,16)(H,17,18);;/q;2*+1/p-2. The normalized spacial score (nSPS) is 9.40. The summed E-state index contributed by atoms with van der Waals surface area (Å²) in [5.74, 6) is -1.90. The molecule has 0 unspecified atom stereocenters. The summed E-state index contributed by atoms with van der Waals surface area (Å²) in [7, 11) is 0. The van der Waals surface area contributed by atoms with Crippen molar-refractivity contribution in [1.29, 1.82) is 0 Å². The van der Waals surface area contributed by atoms with Crippen LogP contribution in [0.2, 0.25) is 0 Å². The molecule has 0 aliphatic carbocycles. The maximum Gasteiger partial charge on any atom is 1.00 e. The zero-order chi connectivity index (χ0) is 13.6. The summed E-state index contributed by atoms with van der Waals surface area (Å²) >= 11 is 0. The van der Waals surface area contributed by atoms with Crippen LogP contribution in [0.4, 0.5) is 0 Å². The number of carboxylic acid groups (broad SMARTS) is 2. The van der Waals surface area contributed by atoms with E-state index in [9.17, 15) is 19.8 Å². The van der Waals surface area contributed by atoms with Gasteiger partial charge >= 0.3 is 44.8 Å². The molecule has 0 heterocycles. The van der Waals surface area contributed by atoms with Gasteiger partial charge in [-0.25, -0.2) is 0 Å². The van der Waals surface area contributed by atoms with Crippen LogP contribution in [0, 0.1) is 0 Å². The van der Waals surface area contributed by atoms with E-state index in [-0.39, 0.29) is 57.6 Å². The summed E-state index contributed by atoms with van der Waals surface area (Å²) < 4.78 is 0. The number of hydrogen-bond donors (Lipinski definition) is 0. The zero-order valence-electron chi connectivity index (χ0n) is 11.7. The molecule has 0 spiro atoms. The molecule has 0 atom stereocenters. The van der Waals surface area contributed by atoms with Crippen molar-refractivity contribution in [3.8, 4) is 0 Å². The first kappa shape index (κ1) is 25.4. The van der Waals surface area contributed by atoms with Gasteiger partial charge in [0.1, 0.15) is 0 Å². The second kappa shape index (κ2) is 19.4. The van der Waals surface area contributed by atoms with Gasteiger partial charge in [-0.1, -0.05) is 51.4 Å². The van der Waals surface area contributed by atoms with Crippen LogP contribution in [0.1, 0.15) is 77.0 Å². The minimum Gasteiger partial charge on any atom is -0.550 e. The van der Waals surface area contributed by atoms with Gasteiger partial charge in [0, 0.05) is 11.9 Å². The number of carbonyl (C=O) groups excluding carboxylic acids is 2. The molecule has 0 aliphatic heterocycles. The maximum absolute atomic E-state index is 10.2. The van der Waals surface area contributed by atoms with E-state index in [4.69, 9.17) is 0 Å². The van der Waals surface area contributed by atoms with Crippen LogP contribution in [-0.2, 0) is 54.3 Å². The Hall–Kier alpha value is 0.421. The molecule has 20 heavy (non-hydrogen) atoms. The first-order valence-electron chi connectivity index (χ1n) is 7.02. The third-order valence-electron chi connectivity index (χ3n) is 3.01. The first-order valence-corrected chi connectivity index (χ1v) is 7.02. The van der Waals surface area contributed by atoms with Gasteiger partial charge in [0.15, 0.2) is 0 Å². The summed E-state index contributed by atoms with van der Waals surface area (Å²) in [6.07, 6.45) is 10.6. The first-order chi connectivity index (χ1) is 8.63. The third kappa shape index (κ3) is 23.5. The predicted molar refractivity (Wildman–Crippen MR) is 65.4 cm³/mol. The summed E-state index contributed by atoms with van der Waals surface area (Å²) in [4.78, 5) is 20.3. The summed E-state index contributed by atoms with van der Waals surface area (Å²) in [5.41, 5.74) is 0. The Kier molecular flexibility index (Phi) is 24.6. The van der Waals surface area contributed by atoms with Crippen LogP contribution in [0.3, 0.4) is 0 Å².